The molecule has 4 heteroatoms. The fourth-order valence-electron chi connectivity index (χ4n) is 0.920. The van der Waals surface area contributed by atoms with Crippen molar-refractivity contribution in [1.29, 1.82) is 0 Å². The molecular formula is C13H21O3P. The first-order valence-corrected chi connectivity index (χ1v) is 6.84. The van der Waals surface area contributed by atoms with E-state index in [1.807, 2.05) is 12.7 Å². The molecule has 0 aliphatic rings. The summed E-state index contributed by atoms with van der Waals surface area (Å²) in [5.74, 6) is 2.67. The van der Waals surface area contributed by atoms with Crippen molar-refractivity contribution in [2.45, 2.75) is 20.3 Å². The zero-order valence-electron chi connectivity index (χ0n) is 10.6. The third-order valence-corrected chi connectivity index (χ3v) is 2.52. The lowest BCUT2D eigenvalue weighted by atomic mass is 10.3. The van der Waals surface area contributed by atoms with Gasteiger partial charge in [0.2, 0.25) is 0 Å². The van der Waals surface area contributed by atoms with Crippen molar-refractivity contribution >= 4 is 14.9 Å². The van der Waals surface area contributed by atoms with Crippen LogP contribution in [0.5, 0.6) is 0 Å². The van der Waals surface area contributed by atoms with Gasteiger partial charge in [0.25, 0.3) is 0 Å². The molecule has 1 atom stereocenters. The molecule has 0 fully saturated rings. The second-order valence-electron chi connectivity index (χ2n) is 3.47. The molecule has 0 radical (unpaired) electrons. The van der Waals surface area contributed by atoms with Crippen molar-refractivity contribution < 1.29 is 14.3 Å². The van der Waals surface area contributed by atoms with Gasteiger partial charge in [0, 0.05) is 6.42 Å². The van der Waals surface area contributed by atoms with E-state index in [1.165, 1.54) is 0 Å². The number of carbonyl (C=O) groups excluding carboxylic acids is 1. The first-order chi connectivity index (χ1) is 8.20. The maximum Gasteiger partial charge on any atom is 0.145 e. The Hall–Kier alpha value is -0.920. The Labute approximate surface area is 105 Å². The summed E-state index contributed by atoms with van der Waals surface area (Å²) < 4.78 is 10.8. The molecule has 0 aromatic heterocycles. The third-order valence-electron chi connectivity index (χ3n) is 1.86. The number of rotatable bonds is 10. The van der Waals surface area contributed by atoms with E-state index in [0.29, 0.717) is 27.4 Å². The molecule has 0 N–H and O–H groups in total. The van der Waals surface area contributed by atoms with Crippen molar-refractivity contribution in [2.75, 3.05) is 19.6 Å². The molecular weight excluding hydrogens is 235 g/mol. The van der Waals surface area contributed by atoms with Crippen molar-refractivity contribution in [3.63, 3.8) is 0 Å². The Morgan fingerprint density at radius 2 is 2.06 bits per heavy atom. The normalized spacial score (nSPS) is 13.1. The van der Waals surface area contributed by atoms with Crippen LogP contribution < -0.4 is 0 Å². The molecule has 0 amide bonds. The number of hydrogen-bond acceptors (Lipinski definition) is 3. The Bertz CT molecular complexity index is 282. The van der Waals surface area contributed by atoms with Gasteiger partial charge in [-0.05, 0) is 25.5 Å². The van der Waals surface area contributed by atoms with Gasteiger partial charge in [-0.25, -0.2) is 0 Å². The Morgan fingerprint density at radius 1 is 1.29 bits per heavy atom. The van der Waals surface area contributed by atoms with Gasteiger partial charge in [-0.15, -0.1) is 0 Å². The Balaban J connectivity index is 3.54. The molecule has 0 aliphatic carbocycles. The van der Waals surface area contributed by atoms with E-state index in [-0.39, 0.29) is 0 Å². The van der Waals surface area contributed by atoms with E-state index >= 15 is 0 Å². The highest BCUT2D eigenvalue weighted by molar-refractivity contribution is 7.41. The van der Waals surface area contributed by atoms with Gasteiger partial charge in [0.15, 0.2) is 0 Å². The van der Waals surface area contributed by atoms with E-state index in [1.54, 1.807) is 19.1 Å². The Kier molecular flexibility index (Phi) is 10.9. The SMILES string of the molecule is C=CPCOCCCO/C(C)=C/C=C(\C)C=O. The predicted octanol–water partition coefficient (Wildman–Crippen LogP) is 3.24. The average Bonchev–Trinajstić information content (AvgIpc) is 2.34. The largest absolute Gasteiger partial charge is 0.498 e. The van der Waals surface area contributed by atoms with Gasteiger partial charge < -0.3 is 9.47 Å². The summed E-state index contributed by atoms with van der Waals surface area (Å²) in [6.07, 6.45) is 5.97. The van der Waals surface area contributed by atoms with Gasteiger partial charge in [-0.2, -0.15) is 0 Å². The lowest BCUT2D eigenvalue weighted by Crippen LogP contribution is -1.99. The summed E-state index contributed by atoms with van der Waals surface area (Å²) in [4.78, 5) is 10.3. The summed E-state index contributed by atoms with van der Waals surface area (Å²) in [6.45, 7) is 8.59. The van der Waals surface area contributed by atoms with Crippen LogP contribution in [0.4, 0.5) is 0 Å². The monoisotopic (exact) mass is 256 g/mol. The average molecular weight is 256 g/mol. The molecule has 0 aromatic carbocycles. The summed E-state index contributed by atoms with van der Waals surface area (Å²) in [6, 6.07) is 0. The van der Waals surface area contributed by atoms with Gasteiger partial charge >= 0.3 is 0 Å². The molecule has 17 heavy (non-hydrogen) atoms. The molecule has 0 spiro atoms. The minimum Gasteiger partial charge on any atom is -0.498 e. The molecule has 0 aliphatic heterocycles. The molecule has 0 aromatic rings. The molecule has 0 saturated heterocycles. The lowest BCUT2D eigenvalue weighted by Gasteiger charge is -2.06. The van der Waals surface area contributed by atoms with Crippen LogP contribution in [0, 0.1) is 0 Å². The standard InChI is InChI=1S/C13H21O3P/c1-4-17-11-15-8-5-9-16-13(3)7-6-12(2)10-14/h4,6-7,10,17H,1,5,8-9,11H2,2-3H3/b12-6+,13-7+. The van der Waals surface area contributed by atoms with Crippen LogP contribution in [-0.2, 0) is 14.3 Å². The lowest BCUT2D eigenvalue weighted by molar-refractivity contribution is -0.104. The molecule has 0 rings (SSSR count). The zero-order valence-corrected chi connectivity index (χ0v) is 11.6. The predicted molar refractivity (Wildman–Crippen MR) is 73.5 cm³/mol. The highest BCUT2D eigenvalue weighted by Crippen LogP contribution is 2.09. The second-order valence-corrected chi connectivity index (χ2v) is 4.57. The van der Waals surface area contributed by atoms with Crippen LogP contribution in [0.1, 0.15) is 20.3 Å². The summed E-state index contributed by atoms with van der Waals surface area (Å²) in [5, 5.41) is 0. The smallest absolute Gasteiger partial charge is 0.145 e. The maximum absolute atomic E-state index is 10.3. The van der Waals surface area contributed by atoms with Crippen molar-refractivity contribution in [3.8, 4) is 0 Å². The molecule has 0 bridgehead atoms. The molecule has 1 unspecified atom stereocenters. The molecule has 0 saturated carbocycles. The minimum atomic E-state index is 0.632. The van der Waals surface area contributed by atoms with Gasteiger partial charge in [-0.3, -0.25) is 4.79 Å². The van der Waals surface area contributed by atoms with Crippen LogP contribution in [0.2, 0.25) is 0 Å². The topological polar surface area (TPSA) is 35.5 Å². The van der Waals surface area contributed by atoms with Gasteiger partial charge in [-0.1, -0.05) is 27.1 Å². The summed E-state index contributed by atoms with van der Waals surface area (Å²) in [5.41, 5.74) is 0.682. The van der Waals surface area contributed by atoms with Crippen LogP contribution >= 0.6 is 8.58 Å². The van der Waals surface area contributed by atoms with E-state index < -0.39 is 0 Å². The third kappa shape index (κ3) is 11.3. The highest BCUT2D eigenvalue weighted by atomic mass is 31.1. The van der Waals surface area contributed by atoms with E-state index in [2.05, 4.69) is 6.58 Å². The van der Waals surface area contributed by atoms with Crippen molar-refractivity contribution in [3.05, 3.63) is 35.9 Å². The fraction of sp³-hybridized carbons (Fsp3) is 0.462. The maximum atomic E-state index is 10.3. The summed E-state index contributed by atoms with van der Waals surface area (Å²) >= 11 is 0. The molecule has 0 heterocycles. The second kappa shape index (κ2) is 11.6. The van der Waals surface area contributed by atoms with Crippen molar-refractivity contribution in [1.82, 2.24) is 0 Å². The minimum absolute atomic E-state index is 0.632. The fourth-order valence-corrected chi connectivity index (χ4v) is 1.30. The van der Waals surface area contributed by atoms with E-state index in [9.17, 15) is 4.79 Å². The first kappa shape index (κ1) is 16.1. The number of ether oxygens (including phenoxy) is 2. The highest BCUT2D eigenvalue weighted by Gasteiger charge is 1.91. The zero-order chi connectivity index (χ0) is 12.9. The van der Waals surface area contributed by atoms with Crippen LogP contribution in [0.25, 0.3) is 0 Å². The molecule has 96 valence electrons. The number of aldehydes is 1. The van der Waals surface area contributed by atoms with Crippen LogP contribution in [-0.4, -0.2) is 25.8 Å². The van der Waals surface area contributed by atoms with Gasteiger partial charge in [0.1, 0.15) is 6.29 Å². The molecule has 3 nitrogen and oxygen atoms in total. The van der Waals surface area contributed by atoms with Crippen LogP contribution in [0.3, 0.4) is 0 Å². The first-order valence-electron chi connectivity index (χ1n) is 5.56. The number of allylic oxidation sites excluding steroid dienone is 4. The van der Waals surface area contributed by atoms with Crippen molar-refractivity contribution in [2.24, 2.45) is 0 Å². The Morgan fingerprint density at radius 3 is 2.71 bits per heavy atom. The van der Waals surface area contributed by atoms with Gasteiger partial charge in [0.05, 0.1) is 25.3 Å². The van der Waals surface area contributed by atoms with E-state index in [0.717, 1.165) is 24.8 Å². The number of carbonyl (C=O) groups is 1. The number of hydrogen-bond donors (Lipinski definition) is 0. The quantitative estimate of drug-likeness (QED) is 0.150. The van der Waals surface area contributed by atoms with Crippen LogP contribution in [0.15, 0.2) is 35.9 Å². The summed E-state index contributed by atoms with van der Waals surface area (Å²) in [7, 11) is 0.668. The van der Waals surface area contributed by atoms with E-state index in [4.69, 9.17) is 9.47 Å².